The van der Waals surface area contributed by atoms with Gasteiger partial charge in [-0.2, -0.15) is 0 Å². The number of para-hydroxylation sites is 1. The third kappa shape index (κ3) is 4.73. The number of halogens is 1. The van der Waals surface area contributed by atoms with Gasteiger partial charge in [-0.15, -0.1) is 16.9 Å². The van der Waals surface area contributed by atoms with E-state index in [1.807, 2.05) is 61.5 Å². The number of carbonyl (C=O) groups is 3. The minimum atomic E-state index is -0.866. The van der Waals surface area contributed by atoms with Crippen LogP contribution < -0.4 is 10.6 Å². The molecule has 41 heavy (non-hydrogen) atoms. The molecule has 6 rings (SSSR count). The van der Waals surface area contributed by atoms with Gasteiger partial charge in [-0.3, -0.25) is 14.4 Å². The molecule has 12 heteroatoms. The van der Waals surface area contributed by atoms with Crippen molar-refractivity contribution in [3.8, 4) is 0 Å². The van der Waals surface area contributed by atoms with Crippen molar-refractivity contribution in [3.05, 3.63) is 60.2 Å². The Morgan fingerprint density at radius 2 is 1.90 bits per heavy atom. The maximum absolute atomic E-state index is 14.4. The van der Waals surface area contributed by atoms with Gasteiger partial charge in [0.05, 0.1) is 34.7 Å². The highest BCUT2D eigenvalue weighted by atomic mass is 79.9. The molecule has 2 aromatic carbocycles. The quantitative estimate of drug-likeness (QED) is 0.289. The van der Waals surface area contributed by atoms with Gasteiger partial charge in [0.25, 0.3) is 0 Å². The summed E-state index contributed by atoms with van der Waals surface area (Å²) in [5.74, 6) is -1.93. The summed E-state index contributed by atoms with van der Waals surface area (Å²) in [6.45, 7) is 2.29. The number of aromatic nitrogens is 3. The molecule has 3 saturated heterocycles. The Bertz CT molecular complexity index is 1460. The first-order chi connectivity index (χ1) is 19.9. The van der Waals surface area contributed by atoms with Crippen molar-refractivity contribution < 1.29 is 19.5 Å². The zero-order chi connectivity index (χ0) is 28.7. The summed E-state index contributed by atoms with van der Waals surface area (Å²) in [5, 5.41) is 24.8. The van der Waals surface area contributed by atoms with Crippen LogP contribution in [0.3, 0.4) is 0 Å². The molecule has 3 fully saturated rings. The Morgan fingerprint density at radius 1 is 1.15 bits per heavy atom. The number of carbonyl (C=O) groups excluding carboxylic acids is 3. The van der Waals surface area contributed by atoms with Crippen molar-refractivity contribution in [1.82, 2.24) is 30.5 Å². The lowest BCUT2D eigenvalue weighted by molar-refractivity contribution is -0.142. The Hall–Kier alpha value is -2.96. The van der Waals surface area contributed by atoms with Crippen molar-refractivity contribution >= 4 is 56.4 Å². The fraction of sp³-hybridized carbons (Fsp3) is 0.483. The monoisotopic (exact) mass is 640 g/mol. The van der Waals surface area contributed by atoms with Crippen LogP contribution in [-0.2, 0) is 27.5 Å². The average molecular weight is 642 g/mol. The Labute approximate surface area is 250 Å². The largest absolute Gasteiger partial charge is 0.394 e. The molecule has 4 heterocycles. The van der Waals surface area contributed by atoms with Gasteiger partial charge in [0.2, 0.25) is 17.7 Å². The van der Waals surface area contributed by atoms with Gasteiger partial charge in [0.1, 0.15) is 18.2 Å². The SMILES string of the molecule is CCCNC(=O)[C@H]1[C@@H]2SC3(CC2Br)C(C(=O)NCn2nnc4ccccc42)N([C@@H](CO)Cc2ccccc2)C(=O)[C@H]13. The van der Waals surface area contributed by atoms with E-state index < -0.39 is 28.7 Å². The third-order valence-corrected chi connectivity index (χ3v) is 11.8. The standard InChI is InChI=1S/C29H33BrN6O4S/c1-2-12-31-26(38)22-23-28(40)36(18(15-37)13-17-8-4-3-5-9-17)25(29(23)14-19(30)24(22)41-29)27(39)32-16-35-21-11-7-6-10-20(21)33-34-35/h3-11,18-19,22-25,37H,2,12-16H2,1H3,(H,31,38)(H,32,39)/t18-,19?,22-,23+,24-,25?,29?/m1/s1. The van der Waals surface area contributed by atoms with Gasteiger partial charge < -0.3 is 20.6 Å². The van der Waals surface area contributed by atoms with Gasteiger partial charge in [-0.1, -0.05) is 70.5 Å². The molecular weight excluding hydrogens is 608 g/mol. The van der Waals surface area contributed by atoms with Crippen molar-refractivity contribution in [3.63, 3.8) is 0 Å². The van der Waals surface area contributed by atoms with Crippen molar-refractivity contribution in [1.29, 1.82) is 0 Å². The molecule has 0 saturated carbocycles. The van der Waals surface area contributed by atoms with Crippen LogP contribution in [0.25, 0.3) is 11.0 Å². The number of benzene rings is 2. The molecule has 7 atom stereocenters. The molecule has 3 N–H and O–H groups in total. The first-order valence-electron chi connectivity index (χ1n) is 14.0. The molecular formula is C29H33BrN6O4S. The molecule has 10 nitrogen and oxygen atoms in total. The van der Waals surface area contributed by atoms with Gasteiger partial charge in [-0.25, -0.2) is 4.68 Å². The number of nitrogens with one attached hydrogen (secondary N) is 2. The van der Waals surface area contributed by atoms with Crippen molar-refractivity contribution in [2.45, 2.75) is 59.8 Å². The molecule has 216 valence electrons. The second kappa shape index (κ2) is 11.4. The number of hydrogen-bond donors (Lipinski definition) is 3. The summed E-state index contributed by atoms with van der Waals surface area (Å²) in [7, 11) is 0. The number of fused-ring (bicyclic) bond motifs is 2. The van der Waals surface area contributed by atoms with Crippen LogP contribution in [-0.4, -0.2) is 82.8 Å². The Balaban J connectivity index is 1.35. The molecule has 0 radical (unpaired) electrons. The van der Waals surface area contributed by atoms with E-state index in [1.54, 1.807) is 21.3 Å². The van der Waals surface area contributed by atoms with E-state index in [0.29, 0.717) is 24.9 Å². The third-order valence-electron chi connectivity index (χ3n) is 8.57. The number of aliphatic hydroxyl groups excluding tert-OH is 1. The maximum Gasteiger partial charge on any atom is 0.245 e. The van der Waals surface area contributed by atoms with E-state index in [2.05, 4.69) is 36.9 Å². The van der Waals surface area contributed by atoms with Crippen molar-refractivity contribution in [2.75, 3.05) is 13.2 Å². The van der Waals surface area contributed by atoms with Crippen LogP contribution in [0.5, 0.6) is 0 Å². The molecule has 2 bridgehead atoms. The molecule has 0 aliphatic carbocycles. The zero-order valence-electron chi connectivity index (χ0n) is 22.6. The van der Waals surface area contributed by atoms with Crippen LogP contribution >= 0.6 is 27.7 Å². The minimum absolute atomic E-state index is 0.0230. The minimum Gasteiger partial charge on any atom is -0.394 e. The molecule has 1 spiro atoms. The zero-order valence-corrected chi connectivity index (χ0v) is 25.1. The number of hydrogen-bond acceptors (Lipinski definition) is 7. The lowest BCUT2D eigenvalue weighted by Gasteiger charge is -2.37. The number of rotatable bonds is 10. The summed E-state index contributed by atoms with van der Waals surface area (Å²) in [4.78, 5) is 43.6. The van der Waals surface area contributed by atoms with Gasteiger partial charge in [0, 0.05) is 16.6 Å². The highest BCUT2D eigenvalue weighted by Crippen LogP contribution is 2.68. The van der Waals surface area contributed by atoms with Crippen LogP contribution in [0.2, 0.25) is 0 Å². The average Bonchev–Trinajstić information content (AvgIpc) is 3.71. The fourth-order valence-electron chi connectivity index (χ4n) is 6.85. The van der Waals surface area contributed by atoms with E-state index in [-0.39, 0.29) is 41.1 Å². The lowest BCUT2D eigenvalue weighted by atomic mass is 9.70. The van der Waals surface area contributed by atoms with E-state index in [1.165, 1.54) is 0 Å². The van der Waals surface area contributed by atoms with Crippen LogP contribution in [0, 0.1) is 11.8 Å². The maximum atomic E-state index is 14.4. The Kier molecular flexibility index (Phi) is 7.82. The summed E-state index contributed by atoms with van der Waals surface area (Å²) in [6, 6.07) is 15.6. The molecule has 3 amide bonds. The van der Waals surface area contributed by atoms with Crippen molar-refractivity contribution in [2.24, 2.45) is 11.8 Å². The van der Waals surface area contributed by atoms with E-state index in [0.717, 1.165) is 17.5 Å². The number of aliphatic hydroxyl groups is 1. The van der Waals surface area contributed by atoms with Crippen LogP contribution in [0.4, 0.5) is 0 Å². The number of alkyl halides is 1. The normalized spacial score (nSPS) is 29.1. The molecule has 3 aromatic rings. The summed E-state index contributed by atoms with van der Waals surface area (Å²) >= 11 is 5.38. The molecule has 3 aliphatic rings. The predicted molar refractivity (Wildman–Crippen MR) is 159 cm³/mol. The summed E-state index contributed by atoms with van der Waals surface area (Å²) < 4.78 is 0.813. The topological polar surface area (TPSA) is 129 Å². The van der Waals surface area contributed by atoms with Crippen LogP contribution in [0.1, 0.15) is 25.3 Å². The lowest BCUT2D eigenvalue weighted by Crippen LogP contribution is -2.57. The first-order valence-corrected chi connectivity index (χ1v) is 15.8. The van der Waals surface area contributed by atoms with Crippen LogP contribution in [0.15, 0.2) is 54.6 Å². The number of thioether (sulfide) groups is 1. The molecule has 3 unspecified atom stereocenters. The molecule has 3 aliphatic heterocycles. The number of likely N-dealkylation sites (tertiary alicyclic amines) is 1. The van der Waals surface area contributed by atoms with E-state index in [4.69, 9.17) is 0 Å². The van der Waals surface area contributed by atoms with E-state index >= 15 is 0 Å². The first kappa shape index (κ1) is 28.2. The highest BCUT2D eigenvalue weighted by Gasteiger charge is 2.76. The summed E-state index contributed by atoms with van der Waals surface area (Å²) in [5.41, 5.74) is 2.45. The number of amides is 3. The highest BCUT2D eigenvalue weighted by molar-refractivity contribution is 9.09. The second-order valence-corrected chi connectivity index (χ2v) is 13.7. The molecule has 1 aromatic heterocycles. The fourth-order valence-corrected chi connectivity index (χ4v) is 10.4. The van der Waals surface area contributed by atoms with Gasteiger partial charge in [-0.05, 0) is 37.0 Å². The smallest absolute Gasteiger partial charge is 0.245 e. The van der Waals surface area contributed by atoms with Gasteiger partial charge in [0.15, 0.2) is 0 Å². The van der Waals surface area contributed by atoms with E-state index in [9.17, 15) is 19.5 Å². The Morgan fingerprint density at radius 3 is 2.66 bits per heavy atom. The van der Waals surface area contributed by atoms with Gasteiger partial charge >= 0.3 is 0 Å². The second-order valence-electron chi connectivity index (χ2n) is 11.0. The predicted octanol–water partition coefficient (Wildman–Crippen LogP) is 2.10. The summed E-state index contributed by atoms with van der Waals surface area (Å²) in [6.07, 6.45) is 1.75. The number of nitrogens with zero attached hydrogens (tertiary/aromatic N) is 4.